The van der Waals surface area contributed by atoms with Crippen molar-refractivity contribution in [2.75, 3.05) is 31.7 Å². The molecule has 2 amide bonds. The van der Waals surface area contributed by atoms with Crippen molar-refractivity contribution >= 4 is 23.8 Å². The maximum Gasteiger partial charge on any atom is 0.326 e. The van der Waals surface area contributed by atoms with Gasteiger partial charge in [0.25, 0.3) is 0 Å². The Morgan fingerprint density at radius 2 is 2.37 bits per heavy atom. The summed E-state index contributed by atoms with van der Waals surface area (Å²) in [4.78, 5) is 24.3. The van der Waals surface area contributed by atoms with Crippen LogP contribution < -0.4 is 5.32 Å². The van der Waals surface area contributed by atoms with Crippen LogP contribution in [0.4, 0.5) is 4.79 Å². The van der Waals surface area contributed by atoms with Crippen LogP contribution >= 0.6 is 11.8 Å². The van der Waals surface area contributed by atoms with Gasteiger partial charge in [0.1, 0.15) is 6.04 Å². The molecular weight excluding hydrogens is 268 g/mol. The first-order valence-corrected chi connectivity index (χ1v) is 7.07. The Morgan fingerprint density at radius 3 is 2.95 bits per heavy atom. The Bertz CT molecular complexity index is 369. The molecule has 0 aromatic heterocycles. The van der Waals surface area contributed by atoms with Crippen molar-refractivity contribution in [2.45, 2.75) is 18.6 Å². The molecule has 1 aliphatic rings. The van der Waals surface area contributed by atoms with Gasteiger partial charge in [0.2, 0.25) is 0 Å². The highest BCUT2D eigenvalue weighted by Crippen LogP contribution is 2.20. The van der Waals surface area contributed by atoms with E-state index in [1.54, 1.807) is 0 Å². The van der Waals surface area contributed by atoms with Gasteiger partial charge >= 0.3 is 12.0 Å². The number of ether oxygens (including phenoxy) is 1. The van der Waals surface area contributed by atoms with Crippen molar-refractivity contribution in [1.82, 2.24) is 10.2 Å². The molecule has 0 aromatic rings. The molecule has 1 heterocycles. The van der Waals surface area contributed by atoms with E-state index >= 15 is 0 Å². The molecule has 0 spiro atoms. The molecule has 19 heavy (non-hydrogen) atoms. The van der Waals surface area contributed by atoms with E-state index in [9.17, 15) is 9.59 Å². The Labute approximate surface area is 116 Å². The lowest BCUT2D eigenvalue weighted by Gasteiger charge is -2.21. The Kier molecular flexibility index (Phi) is 6.53. The second-order valence-electron chi connectivity index (χ2n) is 4.09. The molecule has 106 valence electrons. The number of urea groups is 1. The third kappa shape index (κ3) is 4.65. The van der Waals surface area contributed by atoms with E-state index in [0.29, 0.717) is 31.0 Å². The van der Waals surface area contributed by atoms with Gasteiger partial charge in [-0.3, -0.25) is 0 Å². The van der Waals surface area contributed by atoms with Crippen molar-refractivity contribution in [3.05, 3.63) is 0 Å². The molecule has 0 aliphatic carbocycles. The van der Waals surface area contributed by atoms with E-state index in [0.717, 1.165) is 0 Å². The van der Waals surface area contributed by atoms with Gasteiger partial charge in [-0.1, -0.05) is 5.92 Å². The van der Waals surface area contributed by atoms with Crippen LogP contribution in [-0.4, -0.2) is 65.9 Å². The first kappa shape index (κ1) is 15.7. The molecule has 1 aliphatic heterocycles. The zero-order chi connectivity index (χ0) is 14.3. The van der Waals surface area contributed by atoms with Gasteiger partial charge in [0.15, 0.2) is 0 Å². The van der Waals surface area contributed by atoms with Gasteiger partial charge in [-0.05, 0) is 0 Å². The maximum absolute atomic E-state index is 11.9. The monoisotopic (exact) mass is 286 g/mol. The summed E-state index contributed by atoms with van der Waals surface area (Å²) in [6.45, 7) is 0.766. The summed E-state index contributed by atoms with van der Waals surface area (Å²) in [5.41, 5.74) is 0. The number of nitrogens with one attached hydrogen (secondary N) is 1. The number of thioether (sulfide) groups is 1. The highest BCUT2D eigenvalue weighted by Gasteiger charge is 2.39. The summed E-state index contributed by atoms with van der Waals surface area (Å²) in [5, 5.41) is 11.8. The Morgan fingerprint density at radius 1 is 1.63 bits per heavy atom. The van der Waals surface area contributed by atoms with Crippen molar-refractivity contribution in [3.8, 4) is 12.3 Å². The molecule has 6 nitrogen and oxygen atoms in total. The molecule has 2 unspecified atom stereocenters. The second kappa shape index (κ2) is 7.92. The topological polar surface area (TPSA) is 78.9 Å². The van der Waals surface area contributed by atoms with E-state index in [1.165, 1.54) is 23.8 Å². The number of likely N-dealkylation sites (tertiary alicyclic amines) is 1. The average molecular weight is 286 g/mol. The van der Waals surface area contributed by atoms with E-state index in [4.69, 9.17) is 16.3 Å². The summed E-state index contributed by atoms with van der Waals surface area (Å²) in [6, 6.07) is -1.18. The summed E-state index contributed by atoms with van der Waals surface area (Å²) in [6.07, 6.45) is 5.21. The minimum atomic E-state index is -1.00. The number of carboxylic acid groups (broad SMARTS) is 1. The van der Waals surface area contributed by atoms with Crippen LogP contribution in [0, 0.1) is 12.3 Å². The number of carbonyl (C=O) groups excluding carboxylic acids is 1. The van der Waals surface area contributed by atoms with Gasteiger partial charge in [-0.2, -0.15) is 0 Å². The lowest BCUT2D eigenvalue weighted by atomic mass is 10.2. The summed E-state index contributed by atoms with van der Waals surface area (Å²) < 4.78 is 5.12. The molecule has 1 rings (SSSR count). The van der Waals surface area contributed by atoms with Gasteiger partial charge in [-0.15, -0.1) is 18.2 Å². The lowest BCUT2D eigenvalue weighted by Crippen LogP contribution is -2.46. The normalized spacial score (nSPS) is 22.0. The number of carbonyl (C=O) groups is 2. The Balaban J connectivity index is 2.41. The number of terminal acetylenes is 1. The van der Waals surface area contributed by atoms with Crippen molar-refractivity contribution in [3.63, 3.8) is 0 Å². The summed E-state index contributed by atoms with van der Waals surface area (Å²) >= 11 is 1.54. The van der Waals surface area contributed by atoms with Crippen molar-refractivity contribution < 1.29 is 19.4 Å². The predicted molar refractivity (Wildman–Crippen MR) is 73.1 cm³/mol. The van der Waals surface area contributed by atoms with Gasteiger partial charge in [0, 0.05) is 32.4 Å². The van der Waals surface area contributed by atoms with Crippen LogP contribution in [0.2, 0.25) is 0 Å². The van der Waals surface area contributed by atoms with Crippen LogP contribution in [0.15, 0.2) is 0 Å². The van der Waals surface area contributed by atoms with Crippen LogP contribution in [0.25, 0.3) is 0 Å². The molecule has 0 radical (unpaired) electrons. The van der Waals surface area contributed by atoms with Crippen LogP contribution in [-0.2, 0) is 9.53 Å². The molecule has 7 heteroatoms. The number of hydrogen-bond donors (Lipinski definition) is 2. The first-order valence-electron chi connectivity index (χ1n) is 5.91. The first-order chi connectivity index (χ1) is 9.10. The van der Waals surface area contributed by atoms with Crippen molar-refractivity contribution in [1.29, 1.82) is 0 Å². The quantitative estimate of drug-likeness (QED) is 0.540. The minimum absolute atomic E-state index is 0.220. The van der Waals surface area contributed by atoms with E-state index < -0.39 is 12.0 Å². The fourth-order valence-corrected chi connectivity index (χ4v) is 2.40. The fraction of sp³-hybridized carbons (Fsp3) is 0.667. The fourth-order valence-electron chi connectivity index (χ4n) is 1.89. The number of methoxy groups -OCH3 is 1. The maximum atomic E-state index is 11.9. The number of rotatable bonds is 6. The van der Waals surface area contributed by atoms with E-state index in [2.05, 4.69) is 11.2 Å². The molecule has 1 saturated heterocycles. The number of nitrogens with zero attached hydrogens (tertiary/aromatic N) is 1. The predicted octanol–water partition coefficient (Wildman–Crippen LogP) is 0.236. The van der Waals surface area contributed by atoms with Crippen molar-refractivity contribution in [2.24, 2.45) is 0 Å². The van der Waals surface area contributed by atoms with Crippen LogP contribution in [0.1, 0.15) is 6.42 Å². The number of carboxylic acids is 1. The molecular formula is C12H18N2O4S. The lowest BCUT2D eigenvalue weighted by molar-refractivity contribution is -0.141. The minimum Gasteiger partial charge on any atom is -0.480 e. The highest BCUT2D eigenvalue weighted by molar-refractivity contribution is 7.99. The number of amides is 2. The highest BCUT2D eigenvalue weighted by atomic mass is 32.2. The van der Waals surface area contributed by atoms with Gasteiger partial charge < -0.3 is 20.1 Å². The average Bonchev–Trinajstić information content (AvgIpc) is 2.82. The Hall–Kier alpha value is -1.39. The standard InChI is InChI=1S/C12H18N2O4S/c1-3-5-19-6-4-13-12(17)14-8-9(18-2)7-10(14)11(15)16/h1,9-10H,4-8H2,2H3,(H,13,17)(H,15,16). The molecule has 0 saturated carbocycles. The zero-order valence-electron chi connectivity index (χ0n) is 10.8. The smallest absolute Gasteiger partial charge is 0.326 e. The second-order valence-corrected chi connectivity index (χ2v) is 5.19. The number of aliphatic carboxylic acids is 1. The van der Waals surface area contributed by atoms with E-state index in [-0.39, 0.29) is 12.1 Å². The SMILES string of the molecule is C#CCSCCNC(=O)N1CC(OC)CC1C(=O)O. The molecule has 1 fully saturated rings. The molecule has 2 atom stereocenters. The van der Waals surface area contributed by atoms with Gasteiger partial charge in [-0.25, -0.2) is 9.59 Å². The third-order valence-corrected chi connectivity index (χ3v) is 3.71. The third-order valence-electron chi connectivity index (χ3n) is 2.85. The summed E-state index contributed by atoms with van der Waals surface area (Å²) in [7, 11) is 1.52. The molecule has 2 N–H and O–H groups in total. The molecule has 0 aromatic carbocycles. The largest absolute Gasteiger partial charge is 0.480 e. The zero-order valence-corrected chi connectivity index (χ0v) is 11.6. The van der Waals surface area contributed by atoms with Crippen LogP contribution in [0.3, 0.4) is 0 Å². The molecule has 0 bridgehead atoms. The van der Waals surface area contributed by atoms with E-state index in [1.807, 2.05) is 0 Å². The van der Waals surface area contributed by atoms with Gasteiger partial charge in [0.05, 0.1) is 11.9 Å². The van der Waals surface area contributed by atoms with Crippen LogP contribution in [0.5, 0.6) is 0 Å². The summed E-state index contributed by atoms with van der Waals surface area (Å²) in [5.74, 6) is 2.79. The number of hydrogen-bond acceptors (Lipinski definition) is 4.